The van der Waals surface area contributed by atoms with E-state index in [1.165, 1.54) is 36.5 Å². The first-order valence-corrected chi connectivity index (χ1v) is 13.2. The number of methoxy groups -OCH3 is 1. The molecule has 2 atom stereocenters. The van der Waals surface area contributed by atoms with Gasteiger partial charge in [0.05, 0.1) is 24.3 Å². The van der Waals surface area contributed by atoms with Gasteiger partial charge in [0.1, 0.15) is 6.04 Å². The normalized spacial score (nSPS) is 17.2. The van der Waals surface area contributed by atoms with Gasteiger partial charge >= 0.3 is 5.97 Å². The summed E-state index contributed by atoms with van der Waals surface area (Å²) >= 11 is 0. The van der Waals surface area contributed by atoms with E-state index in [0.29, 0.717) is 28.2 Å². The van der Waals surface area contributed by atoms with Crippen LogP contribution in [0.25, 0.3) is 22.0 Å². The van der Waals surface area contributed by atoms with E-state index in [-0.39, 0.29) is 24.7 Å². The number of rotatable bonds is 5. The molecule has 2 aliphatic rings. The van der Waals surface area contributed by atoms with Crippen molar-refractivity contribution < 1.29 is 33.1 Å². The monoisotopic (exact) mass is 565 g/mol. The molecule has 5 aromatic rings. The third kappa shape index (κ3) is 4.05. The lowest BCUT2D eigenvalue weighted by Crippen LogP contribution is -2.51. The van der Waals surface area contributed by atoms with E-state index < -0.39 is 28.9 Å². The second kappa shape index (κ2) is 9.81. The van der Waals surface area contributed by atoms with Gasteiger partial charge < -0.3 is 28.5 Å². The number of hydrogen-bond acceptors (Lipinski definition) is 8. The summed E-state index contributed by atoms with van der Waals surface area (Å²) in [5.74, 6) is -0.0366. The first-order valence-electron chi connectivity index (χ1n) is 13.2. The van der Waals surface area contributed by atoms with Crippen molar-refractivity contribution in [2.45, 2.75) is 18.5 Å². The van der Waals surface area contributed by atoms with Crippen LogP contribution in [0.4, 0.5) is 5.69 Å². The molecule has 3 aromatic carbocycles. The summed E-state index contributed by atoms with van der Waals surface area (Å²) < 4.78 is 22.1. The van der Waals surface area contributed by atoms with Gasteiger partial charge in [0.25, 0.3) is 11.6 Å². The van der Waals surface area contributed by atoms with Gasteiger partial charge in [-0.2, -0.15) is 0 Å². The molecule has 210 valence electrons. The van der Waals surface area contributed by atoms with Crippen molar-refractivity contribution in [1.29, 1.82) is 0 Å². The number of para-hydroxylation sites is 1. The van der Waals surface area contributed by atoms with Gasteiger partial charge in [-0.25, -0.2) is 4.79 Å². The van der Waals surface area contributed by atoms with Gasteiger partial charge in [-0.05, 0) is 41.0 Å². The van der Waals surface area contributed by atoms with Crippen LogP contribution in [-0.2, 0) is 16.0 Å². The highest BCUT2D eigenvalue weighted by Gasteiger charge is 2.45. The molecule has 0 spiro atoms. The highest BCUT2D eigenvalue weighted by molar-refractivity contribution is 5.98. The van der Waals surface area contributed by atoms with Crippen LogP contribution in [0, 0.1) is 10.1 Å². The predicted molar refractivity (Wildman–Crippen MR) is 149 cm³/mol. The van der Waals surface area contributed by atoms with Crippen LogP contribution in [0.5, 0.6) is 11.5 Å². The molecule has 0 saturated carbocycles. The molecule has 7 rings (SSSR count). The molecule has 0 saturated heterocycles. The van der Waals surface area contributed by atoms with Crippen molar-refractivity contribution in [1.82, 2.24) is 9.88 Å². The first kappa shape index (κ1) is 25.4. The molecule has 0 aliphatic carbocycles. The Morgan fingerprint density at radius 1 is 1.00 bits per heavy atom. The minimum atomic E-state index is -0.976. The minimum absolute atomic E-state index is 0.0317. The van der Waals surface area contributed by atoms with Crippen LogP contribution in [0.1, 0.15) is 33.4 Å². The van der Waals surface area contributed by atoms with Crippen molar-refractivity contribution in [3.8, 4) is 22.6 Å². The van der Waals surface area contributed by atoms with Crippen LogP contribution in [0.2, 0.25) is 0 Å². The number of nitro groups is 1. The molecule has 1 amide bonds. The van der Waals surface area contributed by atoms with E-state index in [1.54, 1.807) is 24.3 Å². The highest BCUT2D eigenvalue weighted by atomic mass is 16.7. The molecule has 11 nitrogen and oxygen atoms in total. The molecular weight excluding hydrogens is 542 g/mol. The Hall–Kier alpha value is -5.58. The number of nitro benzene ring substituents is 1. The number of nitrogens with one attached hydrogen (secondary N) is 1. The Morgan fingerprint density at radius 2 is 1.83 bits per heavy atom. The highest BCUT2D eigenvalue weighted by Crippen LogP contribution is 2.44. The van der Waals surface area contributed by atoms with Gasteiger partial charge in [0, 0.05) is 40.7 Å². The Balaban J connectivity index is 1.37. The maximum atomic E-state index is 14.3. The van der Waals surface area contributed by atoms with E-state index >= 15 is 0 Å². The van der Waals surface area contributed by atoms with Crippen molar-refractivity contribution >= 4 is 28.5 Å². The number of hydrogen-bond donors (Lipinski definition) is 1. The smallest absolute Gasteiger partial charge is 0.328 e. The number of amides is 1. The molecule has 2 unspecified atom stereocenters. The van der Waals surface area contributed by atoms with Gasteiger partial charge in [0.2, 0.25) is 6.79 Å². The lowest BCUT2D eigenvalue weighted by atomic mass is 9.87. The second-order valence-corrected chi connectivity index (χ2v) is 10.0. The summed E-state index contributed by atoms with van der Waals surface area (Å²) in [4.78, 5) is 43.4. The third-order valence-electron chi connectivity index (χ3n) is 7.75. The third-order valence-corrected chi connectivity index (χ3v) is 7.75. The quantitative estimate of drug-likeness (QED) is 0.170. The zero-order valence-corrected chi connectivity index (χ0v) is 22.2. The molecule has 0 radical (unpaired) electrons. The van der Waals surface area contributed by atoms with Crippen molar-refractivity contribution in [2.75, 3.05) is 13.9 Å². The van der Waals surface area contributed by atoms with Crippen LogP contribution in [0.15, 0.2) is 83.5 Å². The van der Waals surface area contributed by atoms with E-state index in [0.717, 1.165) is 22.2 Å². The minimum Gasteiger partial charge on any atom is -0.467 e. The molecule has 42 heavy (non-hydrogen) atoms. The standard InChI is InChI=1S/C31H23N3O8/c1-39-31(36)24-14-22-21-7-2-3-8-23(21)32-28(22)29(18-9-10-25-26(12-18)42-16-41-25)33(24)30(35)27-13-19(15-40-27)17-5-4-6-20(11-17)34(37)38/h2-13,15,24,29,32H,14,16H2,1H3. The number of nitrogens with zero attached hydrogens (tertiary/aromatic N) is 2. The fourth-order valence-corrected chi connectivity index (χ4v) is 5.81. The average molecular weight is 566 g/mol. The zero-order valence-electron chi connectivity index (χ0n) is 22.2. The first-order chi connectivity index (χ1) is 20.4. The van der Waals surface area contributed by atoms with Gasteiger partial charge in [0.15, 0.2) is 17.3 Å². The summed E-state index contributed by atoms with van der Waals surface area (Å²) in [5, 5.41) is 12.2. The topological polar surface area (TPSA) is 137 Å². The molecule has 11 heteroatoms. The maximum absolute atomic E-state index is 14.3. The Bertz CT molecular complexity index is 1890. The van der Waals surface area contributed by atoms with Crippen molar-refractivity contribution in [3.05, 3.63) is 112 Å². The molecular formula is C31H23N3O8. The number of aromatic amines is 1. The lowest BCUT2D eigenvalue weighted by molar-refractivity contribution is -0.384. The maximum Gasteiger partial charge on any atom is 0.328 e. The Morgan fingerprint density at radius 3 is 2.67 bits per heavy atom. The van der Waals surface area contributed by atoms with Crippen molar-refractivity contribution in [3.63, 3.8) is 0 Å². The van der Waals surface area contributed by atoms with Crippen LogP contribution in [0.3, 0.4) is 0 Å². The Labute approximate surface area is 238 Å². The number of non-ortho nitro benzene ring substituents is 1. The molecule has 0 bridgehead atoms. The zero-order chi connectivity index (χ0) is 29.0. The summed E-state index contributed by atoms with van der Waals surface area (Å²) in [6.07, 6.45) is 1.59. The lowest BCUT2D eigenvalue weighted by Gasteiger charge is -2.40. The number of esters is 1. The van der Waals surface area contributed by atoms with Gasteiger partial charge in [-0.3, -0.25) is 14.9 Å². The van der Waals surface area contributed by atoms with E-state index in [9.17, 15) is 19.7 Å². The van der Waals surface area contributed by atoms with Crippen molar-refractivity contribution in [2.24, 2.45) is 0 Å². The molecule has 2 aromatic heterocycles. The van der Waals surface area contributed by atoms with Gasteiger partial charge in [-0.15, -0.1) is 0 Å². The van der Waals surface area contributed by atoms with Crippen LogP contribution in [-0.4, -0.2) is 46.6 Å². The van der Waals surface area contributed by atoms with Gasteiger partial charge in [-0.1, -0.05) is 36.4 Å². The number of H-pyrrole nitrogens is 1. The van der Waals surface area contributed by atoms with E-state index in [1.807, 2.05) is 30.3 Å². The number of ether oxygens (including phenoxy) is 3. The molecule has 2 aliphatic heterocycles. The molecule has 0 fully saturated rings. The number of carbonyl (C=O) groups excluding carboxylic acids is 2. The number of carbonyl (C=O) groups is 2. The summed E-state index contributed by atoms with van der Waals surface area (Å²) in [6.45, 7) is 0.0847. The SMILES string of the molecule is COC(=O)C1Cc2c([nH]c3ccccc23)C(c2ccc3c(c2)OCO3)N1C(=O)c1cc(-c2cccc([N+](=O)[O-])c2)co1. The number of fused-ring (bicyclic) bond motifs is 4. The summed E-state index contributed by atoms with van der Waals surface area (Å²) in [5.41, 5.74) is 4.15. The predicted octanol–water partition coefficient (Wildman–Crippen LogP) is 5.39. The van der Waals surface area contributed by atoms with E-state index in [2.05, 4.69) is 4.98 Å². The van der Waals surface area contributed by atoms with Crippen LogP contribution >= 0.6 is 0 Å². The second-order valence-electron chi connectivity index (χ2n) is 10.0. The number of aromatic nitrogens is 1. The molecule has 4 heterocycles. The summed E-state index contributed by atoms with van der Waals surface area (Å²) in [7, 11) is 1.29. The molecule has 1 N–H and O–H groups in total. The average Bonchev–Trinajstić information content (AvgIpc) is 3.77. The van der Waals surface area contributed by atoms with Crippen LogP contribution < -0.4 is 9.47 Å². The fraction of sp³-hybridized carbons (Fsp3) is 0.161. The van der Waals surface area contributed by atoms with E-state index in [4.69, 9.17) is 18.6 Å². The summed E-state index contributed by atoms with van der Waals surface area (Å²) in [6, 6.07) is 19.0. The fourth-order valence-electron chi connectivity index (χ4n) is 5.81. The number of furan rings is 1. The number of benzene rings is 3. The Kier molecular flexibility index (Phi) is 5.93. The largest absolute Gasteiger partial charge is 0.467 e.